The SMILES string of the molecule is CC1(C)c2cc(N(c3ccccc3-c3ccccc3)c3cccc4ccccc34)c(-c3ccccc3)cc2-c2c(-c3ccccc3)cccc21. The fourth-order valence-corrected chi connectivity index (χ4v) is 8.04. The summed E-state index contributed by atoms with van der Waals surface area (Å²) in [5.74, 6) is 0. The number of para-hydroxylation sites is 1. The van der Waals surface area contributed by atoms with Crippen LogP contribution in [0.1, 0.15) is 25.0 Å². The van der Waals surface area contributed by atoms with E-state index in [0.29, 0.717) is 0 Å². The van der Waals surface area contributed by atoms with Crippen LogP contribution in [-0.2, 0) is 5.41 Å². The van der Waals surface area contributed by atoms with Gasteiger partial charge in [-0.3, -0.25) is 0 Å². The Morgan fingerprint density at radius 2 is 0.880 bits per heavy atom. The van der Waals surface area contributed by atoms with Gasteiger partial charge in [-0.15, -0.1) is 0 Å². The fraction of sp³-hybridized carbons (Fsp3) is 0.0612. The highest BCUT2D eigenvalue weighted by molar-refractivity contribution is 6.05. The number of fused-ring (bicyclic) bond motifs is 4. The molecular weight excluding hydrogens is 603 g/mol. The van der Waals surface area contributed by atoms with Crippen LogP contribution in [0.2, 0.25) is 0 Å². The molecule has 1 aliphatic carbocycles. The molecule has 50 heavy (non-hydrogen) atoms. The maximum atomic E-state index is 2.52. The second kappa shape index (κ2) is 12.1. The molecule has 0 radical (unpaired) electrons. The Morgan fingerprint density at radius 3 is 1.60 bits per heavy atom. The lowest BCUT2D eigenvalue weighted by Gasteiger charge is -2.32. The van der Waals surface area contributed by atoms with Gasteiger partial charge in [0.1, 0.15) is 0 Å². The summed E-state index contributed by atoms with van der Waals surface area (Å²) in [6, 6.07) is 68.6. The molecule has 0 aliphatic heterocycles. The van der Waals surface area contributed by atoms with Crippen molar-refractivity contribution in [2.45, 2.75) is 19.3 Å². The summed E-state index contributed by atoms with van der Waals surface area (Å²) in [7, 11) is 0. The highest BCUT2D eigenvalue weighted by Crippen LogP contribution is 2.56. The second-order valence-electron chi connectivity index (χ2n) is 13.7. The number of anilines is 3. The summed E-state index contributed by atoms with van der Waals surface area (Å²) in [4.78, 5) is 2.52. The van der Waals surface area contributed by atoms with Gasteiger partial charge in [0, 0.05) is 21.9 Å². The smallest absolute Gasteiger partial charge is 0.0544 e. The maximum Gasteiger partial charge on any atom is 0.0544 e. The zero-order valence-electron chi connectivity index (χ0n) is 28.3. The predicted molar refractivity (Wildman–Crippen MR) is 213 cm³/mol. The Labute approximate surface area is 294 Å². The summed E-state index contributed by atoms with van der Waals surface area (Å²) in [5, 5.41) is 2.43. The summed E-state index contributed by atoms with van der Waals surface area (Å²) < 4.78 is 0. The molecule has 9 rings (SSSR count). The Balaban J connectivity index is 1.40. The van der Waals surface area contributed by atoms with E-state index in [4.69, 9.17) is 0 Å². The molecule has 0 fully saturated rings. The molecular formula is C49H37N. The van der Waals surface area contributed by atoms with Crippen molar-refractivity contribution >= 4 is 27.8 Å². The third-order valence-corrected chi connectivity index (χ3v) is 10.5. The van der Waals surface area contributed by atoms with Crippen LogP contribution in [0.25, 0.3) is 55.3 Å². The molecule has 0 saturated heterocycles. The van der Waals surface area contributed by atoms with Crippen molar-refractivity contribution in [2.75, 3.05) is 4.90 Å². The number of benzene rings is 8. The molecule has 1 heteroatoms. The molecule has 0 unspecified atom stereocenters. The Morgan fingerprint density at radius 1 is 0.360 bits per heavy atom. The van der Waals surface area contributed by atoms with Crippen LogP contribution >= 0.6 is 0 Å². The first-order chi connectivity index (χ1) is 24.6. The monoisotopic (exact) mass is 639 g/mol. The van der Waals surface area contributed by atoms with Crippen molar-refractivity contribution in [2.24, 2.45) is 0 Å². The van der Waals surface area contributed by atoms with E-state index in [0.717, 1.165) is 17.1 Å². The van der Waals surface area contributed by atoms with Gasteiger partial charge >= 0.3 is 0 Å². The van der Waals surface area contributed by atoms with Gasteiger partial charge in [-0.25, -0.2) is 0 Å². The van der Waals surface area contributed by atoms with Gasteiger partial charge in [-0.05, 0) is 74.2 Å². The van der Waals surface area contributed by atoms with Gasteiger partial charge in [0.2, 0.25) is 0 Å². The largest absolute Gasteiger partial charge is 0.309 e. The predicted octanol–water partition coefficient (Wildman–Crippen LogP) is 13.6. The highest BCUT2D eigenvalue weighted by Gasteiger charge is 2.38. The number of nitrogens with zero attached hydrogens (tertiary/aromatic N) is 1. The summed E-state index contributed by atoms with van der Waals surface area (Å²) >= 11 is 0. The lowest BCUT2D eigenvalue weighted by atomic mass is 9.81. The minimum absolute atomic E-state index is 0.206. The van der Waals surface area contributed by atoms with Crippen molar-refractivity contribution in [1.29, 1.82) is 0 Å². The number of rotatable bonds is 6. The van der Waals surface area contributed by atoms with E-state index < -0.39 is 0 Å². The summed E-state index contributed by atoms with van der Waals surface area (Å²) in [6.07, 6.45) is 0. The van der Waals surface area contributed by atoms with Crippen LogP contribution < -0.4 is 4.90 Å². The number of hydrogen-bond acceptors (Lipinski definition) is 1. The van der Waals surface area contributed by atoms with Crippen molar-refractivity contribution in [1.82, 2.24) is 0 Å². The molecule has 238 valence electrons. The van der Waals surface area contributed by atoms with Crippen molar-refractivity contribution in [3.8, 4) is 44.5 Å². The molecule has 8 aromatic rings. The van der Waals surface area contributed by atoms with Gasteiger partial charge < -0.3 is 4.90 Å². The highest BCUT2D eigenvalue weighted by atomic mass is 15.1. The normalized spacial score (nSPS) is 12.8. The Hall–Kier alpha value is -6.18. The minimum Gasteiger partial charge on any atom is -0.309 e. The molecule has 0 bridgehead atoms. The van der Waals surface area contributed by atoms with Crippen LogP contribution in [0.5, 0.6) is 0 Å². The lowest BCUT2D eigenvalue weighted by Crippen LogP contribution is -2.17. The van der Waals surface area contributed by atoms with Crippen LogP contribution in [0, 0.1) is 0 Å². The fourth-order valence-electron chi connectivity index (χ4n) is 8.04. The van der Waals surface area contributed by atoms with Crippen molar-refractivity contribution in [3.63, 3.8) is 0 Å². The van der Waals surface area contributed by atoms with E-state index in [1.807, 2.05) is 0 Å². The first-order valence-corrected chi connectivity index (χ1v) is 17.5. The van der Waals surface area contributed by atoms with Crippen LogP contribution in [-0.4, -0.2) is 0 Å². The minimum atomic E-state index is -0.206. The molecule has 8 aromatic carbocycles. The average molecular weight is 640 g/mol. The van der Waals surface area contributed by atoms with E-state index in [2.05, 4.69) is 207 Å². The third-order valence-electron chi connectivity index (χ3n) is 10.5. The van der Waals surface area contributed by atoms with Gasteiger partial charge in [0.25, 0.3) is 0 Å². The lowest BCUT2D eigenvalue weighted by molar-refractivity contribution is 0.660. The second-order valence-corrected chi connectivity index (χ2v) is 13.7. The van der Waals surface area contributed by atoms with E-state index in [1.54, 1.807) is 0 Å². The first-order valence-electron chi connectivity index (χ1n) is 17.5. The Kier molecular flexibility index (Phi) is 7.21. The maximum absolute atomic E-state index is 2.52. The van der Waals surface area contributed by atoms with Gasteiger partial charge in [-0.1, -0.05) is 178 Å². The van der Waals surface area contributed by atoms with E-state index in [9.17, 15) is 0 Å². The molecule has 0 heterocycles. The summed E-state index contributed by atoms with van der Waals surface area (Å²) in [6.45, 7) is 4.77. The van der Waals surface area contributed by atoms with Crippen LogP contribution in [0.3, 0.4) is 0 Å². The van der Waals surface area contributed by atoms with Crippen molar-refractivity contribution < 1.29 is 0 Å². The van der Waals surface area contributed by atoms with Gasteiger partial charge in [-0.2, -0.15) is 0 Å². The zero-order chi connectivity index (χ0) is 33.7. The van der Waals surface area contributed by atoms with E-state index >= 15 is 0 Å². The molecule has 0 saturated carbocycles. The summed E-state index contributed by atoms with van der Waals surface area (Å²) in [5.41, 5.74) is 15.9. The third kappa shape index (κ3) is 4.85. The standard InChI is InChI=1S/C49H37N/c1-49(2)43-29-17-28-40(36-20-8-4-9-21-36)48(43)42-32-41(37-22-10-5-11-23-37)47(33-44(42)49)50(46-31-16-25-35-24-12-13-26-39(35)46)45-30-15-14-27-38(45)34-18-6-3-7-19-34/h3-33H,1-2H3. The van der Waals surface area contributed by atoms with Crippen LogP contribution in [0.15, 0.2) is 188 Å². The van der Waals surface area contributed by atoms with Crippen molar-refractivity contribution in [3.05, 3.63) is 199 Å². The molecule has 1 nitrogen and oxygen atoms in total. The molecule has 0 atom stereocenters. The van der Waals surface area contributed by atoms with Gasteiger partial charge in [0.05, 0.1) is 17.1 Å². The Bertz CT molecular complexity index is 2490. The quantitative estimate of drug-likeness (QED) is 0.175. The topological polar surface area (TPSA) is 3.24 Å². The molecule has 0 amide bonds. The molecule has 0 aromatic heterocycles. The average Bonchev–Trinajstić information content (AvgIpc) is 3.41. The molecule has 0 spiro atoms. The van der Waals surface area contributed by atoms with Gasteiger partial charge in [0.15, 0.2) is 0 Å². The number of hydrogen-bond donors (Lipinski definition) is 0. The van der Waals surface area contributed by atoms with E-state index in [1.165, 1.54) is 66.4 Å². The van der Waals surface area contributed by atoms with E-state index in [-0.39, 0.29) is 5.41 Å². The molecule has 0 N–H and O–H groups in total. The zero-order valence-corrected chi connectivity index (χ0v) is 28.3. The first kappa shape index (κ1) is 29.9. The van der Waals surface area contributed by atoms with Crippen LogP contribution in [0.4, 0.5) is 17.1 Å². The molecule has 1 aliphatic rings.